The molecule has 0 aromatic heterocycles. The average molecular weight is 648 g/mol. The second kappa shape index (κ2) is 16.3. The highest BCUT2D eigenvalue weighted by molar-refractivity contribution is 8.76. The molecule has 0 aliphatic heterocycles. The number of allylic oxidation sites excluding steroid dienone is 2. The zero-order chi connectivity index (χ0) is 32.1. The Morgan fingerprint density at radius 3 is 2.30 bits per heavy atom. The summed E-state index contributed by atoms with van der Waals surface area (Å²) in [4.78, 5) is 15.0. The van der Waals surface area contributed by atoms with E-state index in [0.29, 0.717) is 22.5 Å². The minimum Gasteiger partial charge on any atom is -0.343 e. The zero-order valence-electron chi connectivity index (χ0n) is 29.6. The molecule has 4 N–H and O–H groups in total. The molecular weight excluding hydrogens is 579 g/mol. The molecule has 0 saturated heterocycles. The third-order valence-corrected chi connectivity index (χ3v) is 15.8. The Kier molecular flexibility index (Phi) is 13.6. The summed E-state index contributed by atoms with van der Waals surface area (Å²) >= 11 is 0. The molecule has 4 aliphatic rings. The van der Waals surface area contributed by atoms with Crippen LogP contribution in [0.5, 0.6) is 0 Å². The van der Waals surface area contributed by atoms with Gasteiger partial charge < -0.3 is 16.4 Å². The van der Waals surface area contributed by atoms with Crippen molar-refractivity contribution in [3.05, 3.63) is 11.6 Å². The second-order valence-electron chi connectivity index (χ2n) is 16.7. The molecule has 0 bridgehead atoms. The third-order valence-electron chi connectivity index (χ3n) is 12.9. The Labute approximate surface area is 280 Å². The normalized spacial score (nSPS) is 35.3. The van der Waals surface area contributed by atoms with Crippen LogP contribution in [-0.4, -0.2) is 47.0 Å². The quantitative estimate of drug-likeness (QED) is 0.0992. The predicted octanol–water partition coefficient (Wildman–Crippen LogP) is 9.47. The summed E-state index contributed by atoms with van der Waals surface area (Å²) in [5.74, 6) is 6.57. The molecule has 254 valence electrons. The predicted molar refractivity (Wildman–Crippen MR) is 195 cm³/mol. The molecule has 4 rings (SSSR count). The zero-order valence-corrected chi connectivity index (χ0v) is 31.3. The van der Waals surface area contributed by atoms with E-state index in [-0.39, 0.29) is 18.0 Å². The van der Waals surface area contributed by atoms with Crippen LogP contribution in [0.2, 0.25) is 0 Å². The van der Waals surface area contributed by atoms with E-state index in [1.54, 1.807) is 5.57 Å². The first-order chi connectivity index (χ1) is 20.8. The Morgan fingerprint density at radius 1 is 0.932 bits per heavy atom. The molecule has 0 aromatic rings. The largest absolute Gasteiger partial charge is 0.343 e. The molecule has 0 aromatic carbocycles. The molecule has 3 saturated carbocycles. The first kappa shape index (κ1) is 36.7. The van der Waals surface area contributed by atoms with Crippen LogP contribution in [0.25, 0.3) is 0 Å². The van der Waals surface area contributed by atoms with Crippen molar-refractivity contribution in [1.29, 1.82) is 0 Å². The second-order valence-corrected chi connectivity index (χ2v) is 19.5. The van der Waals surface area contributed by atoms with Crippen molar-refractivity contribution < 1.29 is 4.79 Å². The van der Waals surface area contributed by atoms with E-state index < -0.39 is 0 Å². The summed E-state index contributed by atoms with van der Waals surface area (Å²) in [5.41, 5.74) is 14.8. The number of hydrogen-bond acceptors (Lipinski definition) is 5. The molecule has 3 unspecified atom stereocenters. The molecule has 3 fully saturated rings. The van der Waals surface area contributed by atoms with Gasteiger partial charge in [0.25, 0.3) is 0 Å². The lowest BCUT2D eigenvalue weighted by molar-refractivity contribution is -0.130. The van der Waals surface area contributed by atoms with Gasteiger partial charge in [-0.25, -0.2) is 0 Å². The third kappa shape index (κ3) is 8.84. The lowest BCUT2D eigenvalue weighted by atomic mass is 9.47. The average Bonchev–Trinajstić information content (AvgIpc) is 3.32. The minimum absolute atomic E-state index is 0.119. The molecule has 4 nitrogen and oxygen atoms in total. The molecule has 10 atom stereocenters. The number of rotatable bonds is 16. The maximum Gasteiger partial charge on any atom is 0.223 e. The van der Waals surface area contributed by atoms with Crippen molar-refractivity contribution in [1.82, 2.24) is 4.90 Å². The lowest BCUT2D eigenvalue weighted by Gasteiger charge is -2.58. The molecule has 0 heterocycles. The summed E-state index contributed by atoms with van der Waals surface area (Å²) in [7, 11) is 3.99. The highest BCUT2D eigenvalue weighted by Crippen LogP contribution is 2.67. The van der Waals surface area contributed by atoms with Crippen LogP contribution in [0.1, 0.15) is 138 Å². The monoisotopic (exact) mass is 647 g/mol. The summed E-state index contributed by atoms with van der Waals surface area (Å²) < 4.78 is 0. The van der Waals surface area contributed by atoms with Crippen molar-refractivity contribution in [2.24, 2.45) is 57.8 Å². The van der Waals surface area contributed by atoms with Crippen LogP contribution in [0, 0.1) is 46.3 Å². The van der Waals surface area contributed by atoms with E-state index in [1.807, 2.05) is 29.5 Å². The van der Waals surface area contributed by atoms with Crippen LogP contribution >= 0.6 is 21.6 Å². The SMILES string of the molecule is CC(C)CCCC(C)[C@H]1CC[C@H]2[C@@H]3CC=C4C[C@@H](SSCCC(=O)N(CCC(C)N)CCC(C)N)CC[C@]4(C)[C@H]3CC[C@]12C. The number of nitrogens with zero attached hydrogens (tertiary/aromatic N) is 1. The lowest BCUT2D eigenvalue weighted by Crippen LogP contribution is -2.50. The first-order valence-electron chi connectivity index (χ1n) is 18.6. The standard InChI is InChI=1S/C38H69N3OS2/c1-26(2)9-8-10-27(3)33-13-14-34-32-12-11-30-25-31(15-20-37(30,6)35(32)16-21-38(33,34)7)44-43-24-19-36(42)41(22-17-28(4)39)23-18-29(5)40/h11,26-29,31-35H,8-10,12-25,39-40H2,1-7H3/t27?,28?,29?,31-,32-,33+,34-,35-,37-,38+/m0/s1. The van der Waals surface area contributed by atoms with Crippen molar-refractivity contribution in [3.63, 3.8) is 0 Å². The van der Waals surface area contributed by atoms with Crippen molar-refractivity contribution in [2.45, 2.75) is 156 Å². The van der Waals surface area contributed by atoms with E-state index in [2.05, 4.69) is 51.5 Å². The van der Waals surface area contributed by atoms with Crippen LogP contribution in [0.4, 0.5) is 0 Å². The van der Waals surface area contributed by atoms with Gasteiger partial charge in [-0.15, -0.1) is 0 Å². The Bertz CT molecular complexity index is 940. The number of fused-ring (bicyclic) bond motifs is 5. The van der Waals surface area contributed by atoms with Gasteiger partial charge in [-0.05, 0) is 124 Å². The fraction of sp³-hybridized carbons (Fsp3) is 0.921. The van der Waals surface area contributed by atoms with Crippen molar-refractivity contribution in [3.8, 4) is 0 Å². The van der Waals surface area contributed by atoms with Gasteiger partial charge in [0.05, 0.1) is 0 Å². The fourth-order valence-corrected chi connectivity index (χ4v) is 12.9. The fourth-order valence-electron chi connectivity index (χ4n) is 10.2. The molecule has 0 spiro atoms. The van der Waals surface area contributed by atoms with Gasteiger partial charge >= 0.3 is 0 Å². The highest BCUT2D eigenvalue weighted by atomic mass is 33.1. The van der Waals surface area contributed by atoms with Crippen LogP contribution in [0.3, 0.4) is 0 Å². The van der Waals surface area contributed by atoms with Gasteiger partial charge in [-0.3, -0.25) is 4.79 Å². The maximum absolute atomic E-state index is 13.0. The molecule has 4 aliphatic carbocycles. The number of hydrogen-bond donors (Lipinski definition) is 2. The highest BCUT2D eigenvalue weighted by Gasteiger charge is 2.59. The topological polar surface area (TPSA) is 72.3 Å². The van der Waals surface area contributed by atoms with E-state index in [9.17, 15) is 4.79 Å². The van der Waals surface area contributed by atoms with Gasteiger partial charge in [0.15, 0.2) is 0 Å². The molecule has 44 heavy (non-hydrogen) atoms. The number of amides is 1. The Balaban J connectivity index is 1.27. The molecule has 6 heteroatoms. The van der Waals surface area contributed by atoms with Gasteiger partial charge in [0, 0.05) is 42.6 Å². The van der Waals surface area contributed by atoms with E-state index >= 15 is 0 Å². The van der Waals surface area contributed by atoms with Gasteiger partial charge in [0.1, 0.15) is 0 Å². The summed E-state index contributed by atoms with van der Waals surface area (Å²) in [6.07, 6.45) is 20.5. The molecule has 1 amide bonds. The van der Waals surface area contributed by atoms with E-state index in [1.165, 1.54) is 70.6 Å². The number of nitrogens with two attached hydrogens (primary N) is 2. The Morgan fingerprint density at radius 2 is 1.64 bits per heavy atom. The first-order valence-corrected chi connectivity index (χ1v) is 21.0. The van der Waals surface area contributed by atoms with Gasteiger partial charge in [0.2, 0.25) is 5.91 Å². The number of carbonyl (C=O) groups is 1. The van der Waals surface area contributed by atoms with Gasteiger partial charge in [-0.2, -0.15) is 0 Å². The van der Waals surface area contributed by atoms with E-state index in [4.69, 9.17) is 11.5 Å². The summed E-state index contributed by atoms with van der Waals surface area (Å²) in [5, 5.41) is 0.690. The van der Waals surface area contributed by atoms with Gasteiger partial charge in [-0.1, -0.05) is 87.1 Å². The Hall–Kier alpha value is -0.170. The molecule has 0 radical (unpaired) electrons. The number of carbonyl (C=O) groups excluding carboxylic acids is 1. The maximum atomic E-state index is 13.0. The van der Waals surface area contributed by atoms with E-state index in [0.717, 1.165) is 67.2 Å². The molecular formula is C38H69N3OS2. The van der Waals surface area contributed by atoms with Crippen LogP contribution < -0.4 is 11.5 Å². The smallest absolute Gasteiger partial charge is 0.223 e. The van der Waals surface area contributed by atoms with Crippen LogP contribution in [-0.2, 0) is 4.79 Å². The summed E-state index contributed by atoms with van der Waals surface area (Å²) in [6, 6.07) is 0.237. The summed E-state index contributed by atoms with van der Waals surface area (Å²) in [6.45, 7) is 18.3. The van der Waals surface area contributed by atoms with Crippen LogP contribution in [0.15, 0.2) is 11.6 Å². The van der Waals surface area contributed by atoms with Crippen molar-refractivity contribution >= 4 is 27.5 Å². The van der Waals surface area contributed by atoms with Crippen molar-refractivity contribution in [2.75, 3.05) is 18.8 Å². The minimum atomic E-state index is 0.119.